The van der Waals surface area contributed by atoms with Gasteiger partial charge in [-0.25, -0.2) is 0 Å². The van der Waals surface area contributed by atoms with Crippen LogP contribution in [0.15, 0.2) is 34.9 Å². The number of hydrogen-bond donors (Lipinski definition) is 1. The van der Waals surface area contributed by atoms with E-state index < -0.39 is 0 Å². The Hall–Kier alpha value is -1.32. The highest BCUT2D eigenvalue weighted by Crippen LogP contribution is 2.36. The van der Waals surface area contributed by atoms with Crippen molar-refractivity contribution in [1.82, 2.24) is 10.2 Å². The maximum atomic E-state index is 5.69. The number of fused-ring (bicyclic) bond motifs is 1. The molecule has 1 fully saturated rings. The fourth-order valence-electron chi connectivity index (χ4n) is 3.13. The van der Waals surface area contributed by atoms with E-state index in [0.717, 1.165) is 18.7 Å². The van der Waals surface area contributed by atoms with Gasteiger partial charge in [-0.1, -0.05) is 18.2 Å². The second-order valence-electron chi connectivity index (χ2n) is 5.35. The summed E-state index contributed by atoms with van der Waals surface area (Å²) in [6.45, 7) is 2.23. The summed E-state index contributed by atoms with van der Waals surface area (Å²) in [7, 11) is 4.32. The van der Waals surface area contributed by atoms with E-state index in [1.807, 2.05) is 18.4 Å². The Kier molecular flexibility index (Phi) is 3.10. The molecule has 96 valence electrons. The first kappa shape index (κ1) is 11.8. The van der Waals surface area contributed by atoms with E-state index in [4.69, 9.17) is 4.42 Å². The Balaban J connectivity index is 2.03. The number of hydrogen-bond acceptors (Lipinski definition) is 3. The van der Waals surface area contributed by atoms with Gasteiger partial charge in [0.25, 0.3) is 0 Å². The standard InChI is InChI=1S/C15H20N2O/c1-17(2)15(11-7-8-16-9-11)13-10-18-14-6-4-3-5-12(13)14/h3-6,10-11,15-16H,7-9H2,1-2H3. The number of nitrogens with zero attached hydrogens (tertiary/aromatic N) is 1. The van der Waals surface area contributed by atoms with Gasteiger partial charge >= 0.3 is 0 Å². The van der Waals surface area contributed by atoms with Crippen LogP contribution in [-0.4, -0.2) is 32.1 Å². The molecule has 1 N–H and O–H groups in total. The molecule has 0 saturated carbocycles. The zero-order chi connectivity index (χ0) is 12.5. The van der Waals surface area contributed by atoms with Crippen molar-refractivity contribution in [3.8, 4) is 0 Å². The van der Waals surface area contributed by atoms with Gasteiger partial charge in [0.05, 0.1) is 6.26 Å². The molecule has 1 aromatic carbocycles. The number of para-hydroxylation sites is 1. The SMILES string of the molecule is CN(C)C(c1coc2ccccc12)C1CCNC1. The average Bonchev–Trinajstić information content (AvgIpc) is 3.00. The molecular weight excluding hydrogens is 224 g/mol. The van der Waals surface area contributed by atoms with Crippen molar-refractivity contribution in [2.75, 3.05) is 27.2 Å². The Morgan fingerprint density at radius 2 is 2.17 bits per heavy atom. The third-order valence-electron chi connectivity index (χ3n) is 3.93. The first-order chi connectivity index (χ1) is 8.77. The molecule has 1 aliphatic rings. The predicted molar refractivity (Wildman–Crippen MR) is 73.6 cm³/mol. The second-order valence-corrected chi connectivity index (χ2v) is 5.35. The molecule has 2 aromatic rings. The van der Waals surface area contributed by atoms with Gasteiger partial charge in [0.2, 0.25) is 0 Å². The van der Waals surface area contributed by atoms with Crippen LogP contribution < -0.4 is 5.32 Å². The number of nitrogens with one attached hydrogen (secondary N) is 1. The van der Waals surface area contributed by atoms with Crippen molar-refractivity contribution in [3.63, 3.8) is 0 Å². The fourth-order valence-corrected chi connectivity index (χ4v) is 3.13. The van der Waals surface area contributed by atoms with E-state index in [2.05, 4.69) is 36.4 Å². The number of benzene rings is 1. The lowest BCUT2D eigenvalue weighted by atomic mass is 9.91. The topological polar surface area (TPSA) is 28.4 Å². The zero-order valence-corrected chi connectivity index (χ0v) is 11.0. The van der Waals surface area contributed by atoms with Crippen molar-refractivity contribution < 1.29 is 4.42 Å². The van der Waals surface area contributed by atoms with Crippen LogP contribution in [0.25, 0.3) is 11.0 Å². The van der Waals surface area contributed by atoms with Crippen LogP contribution in [0.5, 0.6) is 0 Å². The largest absolute Gasteiger partial charge is 0.464 e. The van der Waals surface area contributed by atoms with Gasteiger partial charge in [0.15, 0.2) is 0 Å². The van der Waals surface area contributed by atoms with Crippen molar-refractivity contribution in [1.29, 1.82) is 0 Å². The average molecular weight is 244 g/mol. The fraction of sp³-hybridized carbons (Fsp3) is 0.467. The van der Waals surface area contributed by atoms with Crippen molar-refractivity contribution in [3.05, 3.63) is 36.1 Å². The Labute approximate surface area is 108 Å². The summed E-state index contributed by atoms with van der Waals surface area (Å²) in [4.78, 5) is 2.31. The molecule has 1 aromatic heterocycles. The number of rotatable bonds is 3. The summed E-state index contributed by atoms with van der Waals surface area (Å²) in [5, 5.41) is 4.71. The maximum absolute atomic E-state index is 5.69. The highest BCUT2D eigenvalue weighted by molar-refractivity contribution is 5.81. The molecule has 0 radical (unpaired) electrons. The minimum atomic E-state index is 0.434. The van der Waals surface area contributed by atoms with Gasteiger partial charge in [-0.2, -0.15) is 0 Å². The van der Waals surface area contributed by atoms with E-state index in [0.29, 0.717) is 12.0 Å². The van der Waals surface area contributed by atoms with E-state index >= 15 is 0 Å². The van der Waals surface area contributed by atoms with E-state index in [-0.39, 0.29) is 0 Å². The summed E-state index contributed by atoms with van der Waals surface area (Å²) in [5.74, 6) is 0.668. The van der Waals surface area contributed by atoms with Gasteiger partial charge in [-0.3, -0.25) is 0 Å². The van der Waals surface area contributed by atoms with Crippen LogP contribution in [-0.2, 0) is 0 Å². The lowest BCUT2D eigenvalue weighted by Crippen LogP contribution is -2.28. The lowest BCUT2D eigenvalue weighted by molar-refractivity contribution is 0.223. The Morgan fingerprint density at radius 3 is 2.89 bits per heavy atom. The quantitative estimate of drug-likeness (QED) is 0.899. The van der Waals surface area contributed by atoms with Crippen molar-refractivity contribution in [2.45, 2.75) is 12.5 Å². The monoisotopic (exact) mass is 244 g/mol. The second kappa shape index (κ2) is 4.75. The summed E-state index contributed by atoms with van der Waals surface area (Å²) in [6, 6.07) is 8.74. The third kappa shape index (κ3) is 1.93. The summed E-state index contributed by atoms with van der Waals surface area (Å²) < 4.78 is 5.69. The highest BCUT2D eigenvalue weighted by Gasteiger charge is 2.30. The van der Waals surface area contributed by atoms with Crippen LogP contribution >= 0.6 is 0 Å². The molecule has 2 atom stereocenters. The molecule has 0 amide bonds. The van der Waals surface area contributed by atoms with Gasteiger partial charge in [0, 0.05) is 17.0 Å². The molecule has 1 aliphatic heterocycles. The molecule has 2 unspecified atom stereocenters. The molecule has 0 bridgehead atoms. The third-order valence-corrected chi connectivity index (χ3v) is 3.93. The normalized spacial score (nSPS) is 21.8. The van der Waals surface area contributed by atoms with Crippen LogP contribution in [0.3, 0.4) is 0 Å². The van der Waals surface area contributed by atoms with Crippen molar-refractivity contribution in [2.24, 2.45) is 5.92 Å². The van der Waals surface area contributed by atoms with Gasteiger partial charge in [-0.15, -0.1) is 0 Å². The van der Waals surface area contributed by atoms with Crippen LogP contribution in [0.4, 0.5) is 0 Å². The Bertz CT molecular complexity index is 526. The zero-order valence-electron chi connectivity index (χ0n) is 11.0. The molecule has 0 spiro atoms. The summed E-state index contributed by atoms with van der Waals surface area (Å²) >= 11 is 0. The van der Waals surface area contributed by atoms with Gasteiger partial charge in [0.1, 0.15) is 5.58 Å². The molecule has 3 rings (SSSR count). The number of furan rings is 1. The summed E-state index contributed by atoms with van der Waals surface area (Å²) in [6.07, 6.45) is 3.18. The molecular formula is C15H20N2O. The maximum Gasteiger partial charge on any atom is 0.134 e. The first-order valence-electron chi connectivity index (χ1n) is 6.60. The van der Waals surface area contributed by atoms with Gasteiger partial charge < -0.3 is 14.6 Å². The molecule has 0 aliphatic carbocycles. The van der Waals surface area contributed by atoms with Crippen molar-refractivity contribution >= 4 is 11.0 Å². The minimum absolute atomic E-state index is 0.434. The predicted octanol–water partition coefficient (Wildman–Crippen LogP) is 2.65. The first-order valence-corrected chi connectivity index (χ1v) is 6.60. The molecule has 18 heavy (non-hydrogen) atoms. The molecule has 1 saturated heterocycles. The van der Waals surface area contributed by atoms with Crippen LogP contribution in [0, 0.1) is 5.92 Å². The lowest BCUT2D eigenvalue weighted by Gasteiger charge is -2.29. The Morgan fingerprint density at radius 1 is 1.33 bits per heavy atom. The highest BCUT2D eigenvalue weighted by atomic mass is 16.3. The molecule has 3 nitrogen and oxygen atoms in total. The van der Waals surface area contributed by atoms with Crippen LogP contribution in [0.1, 0.15) is 18.0 Å². The smallest absolute Gasteiger partial charge is 0.134 e. The summed E-state index contributed by atoms with van der Waals surface area (Å²) in [5.41, 5.74) is 2.31. The van der Waals surface area contributed by atoms with E-state index in [1.54, 1.807) is 0 Å². The molecule has 2 heterocycles. The van der Waals surface area contributed by atoms with E-state index in [1.165, 1.54) is 17.4 Å². The molecule has 3 heteroatoms. The van der Waals surface area contributed by atoms with Crippen LogP contribution in [0.2, 0.25) is 0 Å². The van der Waals surface area contributed by atoms with E-state index in [9.17, 15) is 0 Å². The van der Waals surface area contributed by atoms with Gasteiger partial charge in [-0.05, 0) is 45.6 Å². The minimum Gasteiger partial charge on any atom is -0.464 e.